The van der Waals surface area contributed by atoms with Crippen LogP contribution in [-0.4, -0.2) is 20.8 Å². The van der Waals surface area contributed by atoms with Crippen LogP contribution in [0.3, 0.4) is 0 Å². The highest BCUT2D eigenvalue weighted by Crippen LogP contribution is 2.36. The van der Waals surface area contributed by atoms with Gasteiger partial charge >= 0.3 is 12.4 Å². The molecular formula is C20H21F6NO2Si. The number of halogens is 6. The molecule has 0 spiro atoms. The molecule has 0 fully saturated rings. The topological polar surface area (TPSA) is 38.3 Å². The number of carbonyl (C=O) groups is 1. The van der Waals surface area contributed by atoms with Gasteiger partial charge in [0.25, 0.3) is 5.91 Å². The lowest BCUT2D eigenvalue weighted by molar-refractivity contribution is -0.143. The van der Waals surface area contributed by atoms with Crippen LogP contribution in [0.15, 0.2) is 48.5 Å². The minimum atomic E-state index is -5.02. The predicted molar refractivity (Wildman–Crippen MR) is 102 cm³/mol. The van der Waals surface area contributed by atoms with Gasteiger partial charge in [-0.15, -0.1) is 0 Å². The third-order valence-corrected chi connectivity index (χ3v) is 4.96. The quantitative estimate of drug-likeness (QED) is 0.431. The van der Waals surface area contributed by atoms with Crippen molar-refractivity contribution in [2.75, 3.05) is 6.54 Å². The first-order valence-corrected chi connectivity index (χ1v) is 12.4. The van der Waals surface area contributed by atoms with Crippen molar-refractivity contribution in [3.05, 3.63) is 70.8 Å². The molecule has 0 aliphatic carbocycles. The largest absolute Gasteiger partial charge is 0.416 e. The zero-order valence-electron chi connectivity index (χ0n) is 16.5. The summed E-state index contributed by atoms with van der Waals surface area (Å²) in [6, 6.07) is 9.64. The van der Waals surface area contributed by atoms with Gasteiger partial charge in [0.05, 0.1) is 17.2 Å². The second kappa shape index (κ2) is 8.81. The Bertz CT molecular complexity index is 843. The van der Waals surface area contributed by atoms with Gasteiger partial charge in [0.2, 0.25) is 0 Å². The standard InChI is InChI=1S/C20H21F6NO2Si/c1-30(2,3)29-17(13-7-5-4-6-8-13)12-27-18(28)14-9-15(19(21,22)23)11-16(10-14)20(24,25)26/h4-11,17H,12H2,1-3H3,(H,27,28). The molecule has 0 saturated carbocycles. The molecule has 2 aromatic rings. The summed E-state index contributed by atoms with van der Waals surface area (Å²) in [6.07, 6.45) is -10.6. The molecule has 0 aromatic heterocycles. The van der Waals surface area contributed by atoms with E-state index in [4.69, 9.17) is 4.43 Å². The average Bonchev–Trinajstić information content (AvgIpc) is 2.63. The lowest BCUT2D eigenvalue weighted by atomic mass is 10.0. The van der Waals surface area contributed by atoms with Crippen molar-refractivity contribution in [2.24, 2.45) is 0 Å². The summed E-state index contributed by atoms with van der Waals surface area (Å²) in [6.45, 7) is 5.66. The molecule has 0 bridgehead atoms. The van der Waals surface area contributed by atoms with Crippen LogP contribution < -0.4 is 5.32 Å². The maximum Gasteiger partial charge on any atom is 0.416 e. The van der Waals surface area contributed by atoms with Crippen LogP contribution in [0.25, 0.3) is 0 Å². The van der Waals surface area contributed by atoms with Gasteiger partial charge in [-0.3, -0.25) is 4.79 Å². The van der Waals surface area contributed by atoms with E-state index >= 15 is 0 Å². The fraction of sp³-hybridized carbons (Fsp3) is 0.350. The van der Waals surface area contributed by atoms with E-state index in [2.05, 4.69) is 5.32 Å². The van der Waals surface area contributed by atoms with Crippen molar-refractivity contribution >= 4 is 14.2 Å². The first-order valence-electron chi connectivity index (χ1n) is 8.97. The molecule has 30 heavy (non-hydrogen) atoms. The van der Waals surface area contributed by atoms with Crippen molar-refractivity contribution < 1.29 is 35.6 Å². The van der Waals surface area contributed by atoms with Gasteiger partial charge in [0, 0.05) is 12.1 Å². The van der Waals surface area contributed by atoms with Crippen LogP contribution in [-0.2, 0) is 16.8 Å². The van der Waals surface area contributed by atoms with E-state index in [9.17, 15) is 31.1 Å². The lowest BCUT2D eigenvalue weighted by Crippen LogP contribution is -2.35. The Balaban J connectivity index is 2.29. The van der Waals surface area contributed by atoms with Crippen LogP contribution in [0.5, 0.6) is 0 Å². The Labute approximate surface area is 171 Å². The Morgan fingerprint density at radius 3 is 1.87 bits per heavy atom. The van der Waals surface area contributed by atoms with Crippen molar-refractivity contribution in [1.29, 1.82) is 0 Å². The Morgan fingerprint density at radius 1 is 0.933 bits per heavy atom. The predicted octanol–water partition coefficient (Wildman–Crippen LogP) is 6.05. The summed E-state index contributed by atoms with van der Waals surface area (Å²) in [7, 11) is -2.07. The van der Waals surface area contributed by atoms with Gasteiger partial charge in [-0.05, 0) is 43.4 Å². The molecule has 1 unspecified atom stereocenters. The molecule has 1 N–H and O–H groups in total. The number of nitrogens with one attached hydrogen (secondary N) is 1. The Kier molecular flexibility index (Phi) is 7.03. The summed E-state index contributed by atoms with van der Waals surface area (Å²) in [5.74, 6) is -1.05. The number of hydrogen-bond acceptors (Lipinski definition) is 2. The molecule has 1 amide bonds. The van der Waals surface area contributed by atoms with Crippen LogP contribution in [0.4, 0.5) is 26.3 Å². The Hall–Kier alpha value is -2.33. The van der Waals surface area contributed by atoms with E-state index in [1.807, 2.05) is 19.6 Å². The highest BCUT2D eigenvalue weighted by Gasteiger charge is 2.37. The number of rotatable bonds is 6. The van der Waals surface area contributed by atoms with Crippen molar-refractivity contribution in [1.82, 2.24) is 5.32 Å². The number of benzene rings is 2. The van der Waals surface area contributed by atoms with E-state index in [0.717, 1.165) is 5.56 Å². The van der Waals surface area contributed by atoms with Crippen LogP contribution in [0.1, 0.15) is 33.2 Å². The minimum absolute atomic E-state index is 0.0160. The van der Waals surface area contributed by atoms with Crippen molar-refractivity contribution in [3.8, 4) is 0 Å². The molecule has 2 aromatic carbocycles. The Morgan fingerprint density at radius 2 is 1.43 bits per heavy atom. The monoisotopic (exact) mass is 449 g/mol. The molecule has 0 radical (unpaired) electrons. The molecule has 10 heteroatoms. The van der Waals surface area contributed by atoms with Gasteiger partial charge in [0.15, 0.2) is 8.32 Å². The van der Waals surface area contributed by atoms with E-state index in [0.29, 0.717) is 12.1 Å². The zero-order chi connectivity index (χ0) is 22.7. The van der Waals surface area contributed by atoms with E-state index in [1.165, 1.54) is 0 Å². The van der Waals surface area contributed by atoms with E-state index in [1.54, 1.807) is 30.3 Å². The molecule has 0 heterocycles. The third-order valence-electron chi connectivity index (χ3n) is 3.97. The number of alkyl halides is 6. The normalized spacial score (nSPS) is 13.8. The summed E-state index contributed by atoms with van der Waals surface area (Å²) >= 11 is 0. The third kappa shape index (κ3) is 6.87. The maximum absolute atomic E-state index is 13.0. The zero-order valence-corrected chi connectivity index (χ0v) is 17.5. The molecule has 2 rings (SSSR count). The lowest BCUT2D eigenvalue weighted by Gasteiger charge is -2.27. The van der Waals surface area contributed by atoms with E-state index < -0.39 is 49.4 Å². The average molecular weight is 449 g/mol. The first-order chi connectivity index (χ1) is 13.7. The molecule has 164 valence electrons. The maximum atomic E-state index is 13.0. The van der Waals surface area contributed by atoms with Gasteiger partial charge in [-0.2, -0.15) is 26.3 Å². The SMILES string of the molecule is C[Si](C)(C)OC(CNC(=O)c1cc(C(F)(F)F)cc(C(F)(F)F)c1)c1ccccc1. The van der Waals surface area contributed by atoms with Crippen molar-refractivity contribution in [3.63, 3.8) is 0 Å². The number of hydrogen-bond donors (Lipinski definition) is 1. The fourth-order valence-electron chi connectivity index (χ4n) is 2.70. The number of amides is 1. The van der Waals surface area contributed by atoms with Gasteiger partial charge in [0.1, 0.15) is 0 Å². The molecule has 1 atom stereocenters. The van der Waals surface area contributed by atoms with Crippen LogP contribution in [0, 0.1) is 0 Å². The molecule has 0 aliphatic rings. The van der Waals surface area contributed by atoms with Gasteiger partial charge < -0.3 is 9.74 Å². The second-order valence-electron chi connectivity index (χ2n) is 7.63. The summed E-state index contributed by atoms with van der Waals surface area (Å²) < 4.78 is 84.1. The van der Waals surface area contributed by atoms with Gasteiger partial charge in [-0.1, -0.05) is 30.3 Å². The van der Waals surface area contributed by atoms with Crippen molar-refractivity contribution in [2.45, 2.75) is 38.1 Å². The second-order valence-corrected chi connectivity index (χ2v) is 12.1. The minimum Gasteiger partial charge on any atom is -0.409 e. The van der Waals surface area contributed by atoms with Gasteiger partial charge in [-0.25, -0.2) is 0 Å². The fourth-order valence-corrected chi connectivity index (χ4v) is 3.77. The van der Waals surface area contributed by atoms with Crippen LogP contribution >= 0.6 is 0 Å². The highest BCUT2D eigenvalue weighted by molar-refractivity contribution is 6.69. The van der Waals surface area contributed by atoms with Crippen LogP contribution in [0.2, 0.25) is 19.6 Å². The molecule has 0 aliphatic heterocycles. The van der Waals surface area contributed by atoms with E-state index in [-0.39, 0.29) is 12.6 Å². The number of carbonyl (C=O) groups excluding carboxylic acids is 1. The summed E-state index contributed by atoms with van der Waals surface area (Å²) in [4.78, 5) is 12.4. The molecule has 3 nitrogen and oxygen atoms in total. The highest BCUT2D eigenvalue weighted by atomic mass is 28.4. The summed E-state index contributed by atoms with van der Waals surface area (Å²) in [5, 5.41) is 2.40. The molecular weight excluding hydrogens is 428 g/mol. The smallest absolute Gasteiger partial charge is 0.409 e. The molecule has 0 saturated heterocycles. The summed E-state index contributed by atoms with van der Waals surface area (Å²) in [5.41, 5.74) is -3.07. The first kappa shape index (κ1) is 23.9.